The number of aliphatic hydroxyl groups excluding tert-OH is 1. The van der Waals surface area contributed by atoms with Gasteiger partial charge in [-0.2, -0.15) is 0 Å². The van der Waals surface area contributed by atoms with Gasteiger partial charge in [-0.3, -0.25) is 0 Å². The van der Waals surface area contributed by atoms with Crippen LogP contribution in [0, 0.1) is 0 Å². The largest absolute Gasteiger partial charge is 0.386 e. The van der Waals surface area contributed by atoms with E-state index in [0.29, 0.717) is 0 Å². The van der Waals surface area contributed by atoms with Gasteiger partial charge < -0.3 is 20.1 Å². The molecular weight excluding hydrogens is 244 g/mol. The van der Waals surface area contributed by atoms with E-state index in [0.717, 1.165) is 39.4 Å². The Hall–Kier alpha value is -0.210. The summed E-state index contributed by atoms with van der Waals surface area (Å²) in [7, 11) is -3.01. The number of morpholine rings is 1. The van der Waals surface area contributed by atoms with E-state index < -0.39 is 15.9 Å². The third-order valence-corrected chi connectivity index (χ3v) is 5.27. The van der Waals surface area contributed by atoms with Crippen molar-refractivity contribution in [3.63, 3.8) is 0 Å². The molecule has 0 unspecified atom stereocenters. The number of hydrogen-bond acceptors (Lipinski definition) is 4. The van der Waals surface area contributed by atoms with Crippen LogP contribution in [0.1, 0.15) is 0 Å². The third kappa shape index (κ3) is 3.89. The molecule has 2 aliphatic rings. The normalized spacial score (nSPS) is 33.9. The van der Waals surface area contributed by atoms with Crippen molar-refractivity contribution in [2.45, 2.75) is 12.1 Å². The maximum Gasteiger partial charge on any atom is 0.159 e. The molecule has 2 heterocycles. The highest BCUT2D eigenvalue weighted by Crippen LogP contribution is 2.08. The van der Waals surface area contributed by atoms with Crippen molar-refractivity contribution in [1.82, 2.24) is 0 Å². The molecule has 2 saturated heterocycles. The Balaban J connectivity index is 1.68. The monoisotopic (exact) mass is 266 g/mol. The second-order valence-electron chi connectivity index (χ2n) is 4.94. The number of ether oxygens (including phenoxy) is 1. The first-order valence-electron chi connectivity index (χ1n) is 6.20. The summed E-state index contributed by atoms with van der Waals surface area (Å²) in [5, 5.41) is 11.6. The van der Waals surface area contributed by atoms with Gasteiger partial charge in [-0.1, -0.05) is 0 Å². The van der Waals surface area contributed by atoms with Gasteiger partial charge in [0.1, 0.15) is 44.1 Å². The topological polar surface area (TPSA) is 84.7 Å². The summed E-state index contributed by atoms with van der Waals surface area (Å²) in [4.78, 5) is 1.50. The molecule has 2 fully saturated rings. The van der Waals surface area contributed by atoms with E-state index in [1.165, 1.54) is 4.90 Å². The van der Waals surface area contributed by atoms with E-state index in [-0.39, 0.29) is 17.5 Å². The zero-order valence-electron chi connectivity index (χ0n) is 9.97. The fourth-order valence-corrected chi connectivity index (χ4v) is 4.34. The first kappa shape index (κ1) is 13.2. The Morgan fingerprint density at radius 3 is 2.59 bits per heavy atom. The Morgan fingerprint density at radius 2 is 2.00 bits per heavy atom. The van der Waals surface area contributed by atoms with Crippen LogP contribution in [-0.4, -0.2) is 76.6 Å². The fourth-order valence-electron chi connectivity index (χ4n) is 2.49. The molecular formula is C10H22N2O4S+2. The quantitative estimate of drug-likeness (QED) is 0.480. The first-order chi connectivity index (χ1) is 8.07. The van der Waals surface area contributed by atoms with Gasteiger partial charge in [0.2, 0.25) is 0 Å². The molecule has 0 saturated carbocycles. The van der Waals surface area contributed by atoms with Crippen molar-refractivity contribution in [2.75, 3.05) is 50.9 Å². The summed E-state index contributed by atoms with van der Waals surface area (Å²) >= 11 is 0. The predicted molar refractivity (Wildman–Crippen MR) is 61.6 cm³/mol. The third-order valence-electron chi connectivity index (χ3n) is 3.53. The molecule has 0 aromatic carbocycles. The van der Waals surface area contributed by atoms with Crippen molar-refractivity contribution >= 4 is 9.84 Å². The Kier molecular flexibility index (Phi) is 4.37. The predicted octanol–water partition coefficient (Wildman–Crippen LogP) is -4.38. The Bertz CT molecular complexity index is 340. The van der Waals surface area contributed by atoms with Crippen LogP contribution in [0.4, 0.5) is 0 Å². The summed E-state index contributed by atoms with van der Waals surface area (Å²) in [5.41, 5.74) is 0. The minimum atomic E-state index is -3.01. The fraction of sp³-hybridized carbons (Fsp3) is 1.00. The Morgan fingerprint density at radius 1 is 1.29 bits per heavy atom. The molecule has 0 aliphatic carbocycles. The summed E-state index contributed by atoms with van der Waals surface area (Å²) in [6.07, 6.45) is -0.695. The van der Waals surface area contributed by atoms with Gasteiger partial charge in [0.25, 0.3) is 0 Å². The molecule has 17 heavy (non-hydrogen) atoms. The lowest BCUT2D eigenvalue weighted by molar-refractivity contribution is -0.921. The molecule has 0 bridgehead atoms. The van der Waals surface area contributed by atoms with Gasteiger partial charge in [0.05, 0.1) is 19.0 Å². The number of sulfone groups is 1. The smallest absolute Gasteiger partial charge is 0.159 e. The van der Waals surface area contributed by atoms with Crippen LogP contribution in [0.25, 0.3) is 0 Å². The van der Waals surface area contributed by atoms with Crippen LogP contribution in [-0.2, 0) is 14.6 Å². The second-order valence-corrected chi connectivity index (χ2v) is 7.10. The average molecular weight is 266 g/mol. The molecule has 2 atom stereocenters. The lowest BCUT2D eigenvalue weighted by Gasteiger charge is -2.23. The van der Waals surface area contributed by atoms with Crippen LogP contribution >= 0.6 is 0 Å². The molecule has 2 rings (SSSR count). The van der Waals surface area contributed by atoms with E-state index in [4.69, 9.17) is 4.74 Å². The van der Waals surface area contributed by atoms with Crippen molar-refractivity contribution < 1.29 is 28.5 Å². The van der Waals surface area contributed by atoms with Gasteiger partial charge in [-0.15, -0.1) is 0 Å². The standard InChI is InChI=1S/C10H20N2O4S/c13-10-8-17(14,15)7-9(10)11-1-2-12-3-5-16-6-4-12/h9-11,13H,1-8H2/p+2/t9-,10+/m1/s1. The first-order valence-corrected chi connectivity index (χ1v) is 8.02. The number of nitrogens with one attached hydrogen (secondary N) is 1. The number of aliphatic hydroxyl groups is 1. The minimum Gasteiger partial charge on any atom is -0.386 e. The van der Waals surface area contributed by atoms with Crippen LogP contribution in [0.2, 0.25) is 0 Å². The molecule has 4 N–H and O–H groups in total. The van der Waals surface area contributed by atoms with Crippen LogP contribution in [0.5, 0.6) is 0 Å². The summed E-state index contributed by atoms with van der Waals surface area (Å²) in [5.74, 6) is 0.0468. The molecule has 0 spiro atoms. The van der Waals surface area contributed by atoms with Crippen molar-refractivity contribution in [2.24, 2.45) is 0 Å². The maximum atomic E-state index is 11.3. The number of hydrogen-bond donors (Lipinski definition) is 3. The second kappa shape index (κ2) is 5.62. The summed E-state index contributed by atoms with van der Waals surface area (Å²) in [6.45, 7) is 5.56. The van der Waals surface area contributed by atoms with Crippen molar-refractivity contribution in [3.05, 3.63) is 0 Å². The van der Waals surface area contributed by atoms with E-state index in [9.17, 15) is 13.5 Å². The molecule has 100 valence electrons. The number of quaternary nitrogens is 2. The van der Waals surface area contributed by atoms with Crippen LogP contribution in [0.3, 0.4) is 0 Å². The highest BCUT2D eigenvalue weighted by atomic mass is 32.2. The van der Waals surface area contributed by atoms with E-state index >= 15 is 0 Å². The van der Waals surface area contributed by atoms with Crippen molar-refractivity contribution in [1.29, 1.82) is 0 Å². The van der Waals surface area contributed by atoms with E-state index in [1.54, 1.807) is 0 Å². The zero-order valence-corrected chi connectivity index (χ0v) is 10.8. The molecule has 6 nitrogen and oxygen atoms in total. The molecule has 0 aromatic heterocycles. The molecule has 0 aromatic rings. The Labute approximate surface area is 102 Å². The zero-order chi connectivity index (χ0) is 12.3. The minimum absolute atomic E-state index is 0.0709. The number of rotatable bonds is 4. The molecule has 0 radical (unpaired) electrons. The van der Waals surface area contributed by atoms with Crippen molar-refractivity contribution in [3.8, 4) is 0 Å². The lowest BCUT2D eigenvalue weighted by atomic mass is 10.2. The van der Waals surface area contributed by atoms with Crippen LogP contribution in [0.15, 0.2) is 0 Å². The highest BCUT2D eigenvalue weighted by Gasteiger charge is 2.39. The van der Waals surface area contributed by atoms with Gasteiger partial charge in [-0.05, 0) is 0 Å². The molecule has 7 heteroatoms. The van der Waals surface area contributed by atoms with E-state index in [2.05, 4.69) is 0 Å². The maximum absolute atomic E-state index is 11.3. The van der Waals surface area contributed by atoms with Gasteiger partial charge in [0, 0.05) is 0 Å². The molecule has 0 amide bonds. The average Bonchev–Trinajstić information content (AvgIpc) is 2.53. The van der Waals surface area contributed by atoms with Gasteiger partial charge in [-0.25, -0.2) is 8.42 Å². The molecule has 2 aliphatic heterocycles. The number of nitrogens with two attached hydrogens (primary N) is 1. The summed E-state index contributed by atoms with van der Waals surface area (Å²) in [6, 6.07) is -0.166. The summed E-state index contributed by atoms with van der Waals surface area (Å²) < 4.78 is 27.9. The van der Waals surface area contributed by atoms with Gasteiger partial charge in [0.15, 0.2) is 9.84 Å². The van der Waals surface area contributed by atoms with Gasteiger partial charge >= 0.3 is 0 Å². The highest BCUT2D eigenvalue weighted by molar-refractivity contribution is 7.91. The van der Waals surface area contributed by atoms with E-state index in [1.807, 2.05) is 5.32 Å². The lowest BCUT2D eigenvalue weighted by Crippen LogP contribution is -3.16. The SMILES string of the molecule is O=S1(=O)C[C@H](O)[C@H]([NH2+]CC[NH+]2CCOCC2)C1. The van der Waals surface area contributed by atoms with Crippen LogP contribution < -0.4 is 10.2 Å².